The van der Waals surface area contributed by atoms with E-state index in [0.29, 0.717) is 12.1 Å². The third-order valence-electron chi connectivity index (χ3n) is 3.82. The van der Waals surface area contributed by atoms with E-state index < -0.39 is 0 Å². The summed E-state index contributed by atoms with van der Waals surface area (Å²) >= 11 is 0. The zero-order valence-electron chi connectivity index (χ0n) is 13.0. The maximum Gasteiger partial charge on any atom is 0.129 e. The summed E-state index contributed by atoms with van der Waals surface area (Å²) < 4.78 is 5.49. The molecule has 5 nitrogen and oxygen atoms in total. The van der Waals surface area contributed by atoms with Crippen molar-refractivity contribution in [2.75, 3.05) is 31.6 Å². The number of hydrogen-bond donors (Lipinski definition) is 1. The Kier molecular flexibility index (Phi) is 5.31. The van der Waals surface area contributed by atoms with Crippen LogP contribution in [0.4, 0.5) is 5.82 Å². The average Bonchev–Trinajstić information content (AvgIpc) is 2.44. The fourth-order valence-electron chi connectivity index (χ4n) is 2.67. The average molecular weight is 278 g/mol. The Morgan fingerprint density at radius 3 is 3.00 bits per heavy atom. The molecular weight excluding hydrogens is 252 g/mol. The molecule has 0 aromatic carbocycles. The van der Waals surface area contributed by atoms with Crippen LogP contribution in [0.3, 0.4) is 0 Å². The molecule has 0 radical (unpaired) electrons. The van der Waals surface area contributed by atoms with Gasteiger partial charge in [-0.1, -0.05) is 6.92 Å². The number of aromatic nitrogens is 2. The molecule has 0 bridgehead atoms. The second-order valence-electron chi connectivity index (χ2n) is 5.54. The maximum absolute atomic E-state index is 5.49. The van der Waals surface area contributed by atoms with Gasteiger partial charge in [-0.05, 0) is 27.2 Å². The Labute approximate surface area is 121 Å². The molecule has 0 spiro atoms. The number of morpholine rings is 1. The molecule has 2 rings (SSSR count). The molecule has 1 fully saturated rings. The number of anilines is 1. The second-order valence-corrected chi connectivity index (χ2v) is 5.54. The lowest BCUT2D eigenvalue weighted by molar-refractivity contribution is -0.0159. The molecule has 1 aromatic rings. The van der Waals surface area contributed by atoms with E-state index in [1.165, 1.54) is 0 Å². The van der Waals surface area contributed by atoms with Crippen LogP contribution in [0.1, 0.15) is 32.3 Å². The highest BCUT2D eigenvalue weighted by Crippen LogP contribution is 2.12. The molecule has 0 aliphatic carbocycles. The molecule has 0 saturated carbocycles. The fourth-order valence-corrected chi connectivity index (χ4v) is 2.67. The van der Waals surface area contributed by atoms with E-state index >= 15 is 0 Å². The van der Waals surface area contributed by atoms with Crippen molar-refractivity contribution in [2.24, 2.45) is 0 Å². The fraction of sp³-hybridized carbons (Fsp3) is 0.733. The Morgan fingerprint density at radius 1 is 1.50 bits per heavy atom. The minimum Gasteiger partial charge on any atom is -0.379 e. The maximum atomic E-state index is 5.49. The summed E-state index contributed by atoms with van der Waals surface area (Å²) in [6.45, 7) is 12.1. The van der Waals surface area contributed by atoms with Crippen molar-refractivity contribution in [1.29, 1.82) is 0 Å². The van der Waals surface area contributed by atoms with Crippen molar-refractivity contribution < 1.29 is 4.74 Å². The van der Waals surface area contributed by atoms with Crippen LogP contribution in [-0.2, 0) is 11.2 Å². The monoisotopic (exact) mass is 278 g/mol. The molecule has 2 heterocycles. The highest BCUT2D eigenvalue weighted by atomic mass is 16.5. The molecule has 1 N–H and O–H groups in total. The highest BCUT2D eigenvalue weighted by Gasteiger charge is 2.23. The number of nitrogens with one attached hydrogen (secondary N) is 1. The quantitative estimate of drug-likeness (QED) is 0.891. The van der Waals surface area contributed by atoms with Gasteiger partial charge in [0.15, 0.2) is 0 Å². The van der Waals surface area contributed by atoms with Gasteiger partial charge in [-0.2, -0.15) is 0 Å². The minimum atomic E-state index is 0.467. The Morgan fingerprint density at radius 2 is 2.30 bits per heavy atom. The Bertz CT molecular complexity index is 438. The van der Waals surface area contributed by atoms with Crippen molar-refractivity contribution in [2.45, 2.75) is 46.2 Å². The third kappa shape index (κ3) is 3.90. The molecular formula is C15H26N4O. The van der Waals surface area contributed by atoms with E-state index in [2.05, 4.69) is 41.0 Å². The first-order chi connectivity index (χ1) is 9.60. The number of hydrogen-bond acceptors (Lipinski definition) is 5. The number of aryl methyl sites for hydroxylation is 2. The van der Waals surface area contributed by atoms with Gasteiger partial charge in [0.1, 0.15) is 11.6 Å². The van der Waals surface area contributed by atoms with Crippen LogP contribution in [-0.4, -0.2) is 53.3 Å². The molecule has 1 aromatic heterocycles. The van der Waals surface area contributed by atoms with Gasteiger partial charge < -0.3 is 10.1 Å². The lowest BCUT2D eigenvalue weighted by Gasteiger charge is -2.37. The zero-order chi connectivity index (χ0) is 14.5. The van der Waals surface area contributed by atoms with Gasteiger partial charge in [0.2, 0.25) is 0 Å². The first kappa shape index (κ1) is 15.2. The van der Waals surface area contributed by atoms with E-state index in [0.717, 1.165) is 50.1 Å². The lowest BCUT2D eigenvalue weighted by Crippen LogP contribution is -2.50. The summed E-state index contributed by atoms with van der Waals surface area (Å²) in [5, 5.41) is 3.44. The molecule has 5 heteroatoms. The van der Waals surface area contributed by atoms with Crippen LogP contribution >= 0.6 is 0 Å². The summed E-state index contributed by atoms with van der Waals surface area (Å²) in [6, 6.07) is 3.00. The number of ether oxygens (including phenoxy) is 1. The topological polar surface area (TPSA) is 50.3 Å². The van der Waals surface area contributed by atoms with Gasteiger partial charge in [0.25, 0.3) is 0 Å². The predicted molar refractivity (Wildman–Crippen MR) is 81.1 cm³/mol. The summed E-state index contributed by atoms with van der Waals surface area (Å²) in [4.78, 5) is 11.3. The van der Waals surface area contributed by atoms with E-state index in [4.69, 9.17) is 4.74 Å². The van der Waals surface area contributed by atoms with Crippen LogP contribution in [0.5, 0.6) is 0 Å². The molecule has 2 atom stereocenters. The molecule has 112 valence electrons. The Hall–Kier alpha value is -1.20. The van der Waals surface area contributed by atoms with Gasteiger partial charge in [-0.15, -0.1) is 0 Å². The van der Waals surface area contributed by atoms with Crippen molar-refractivity contribution >= 4 is 5.82 Å². The largest absolute Gasteiger partial charge is 0.379 e. The molecule has 20 heavy (non-hydrogen) atoms. The van der Waals surface area contributed by atoms with Crippen molar-refractivity contribution in [3.8, 4) is 0 Å². The molecule has 1 saturated heterocycles. The smallest absolute Gasteiger partial charge is 0.129 e. The molecule has 0 amide bonds. The van der Waals surface area contributed by atoms with Gasteiger partial charge in [-0.25, -0.2) is 9.97 Å². The van der Waals surface area contributed by atoms with Crippen LogP contribution in [0.15, 0.2) is 6.07 Å². The van der Waals surface area contributed by atoms with Gasteiger partial charge in [0.05, 0.1) is 13.2 Å². The van der Waals surface area contributed by atoms with Gasteiger partial charge >= 0.3 is 0 Å². The lowest BCUT2D eigenvalue weighted by atomic mass is 10.2. The highest BCUT2D eigenvalue weighted by molar-refractivity contribution is 5.36. The normalized spacial score (nSPS) is 21.7. The zero-order valence-corrected chi connectivity index (χ0v) is 13.0. The third-order valence-corrected chi connectivity index (χ3v) is 3.82. The van der Waals surface area contributed by atoms with Crippen LogP contribution in [0.2, 0.25) is 0 Å². The summed E-state index contributed by atoms with van der Waals surface area (Å²) in [6.07, 6.45) is 0.939. The SMILES string of the molecule is CCc1cc(NCC(C)N2CCOCC2C)nc(C)n1. The Balaban J connectivity index is 1.92. The van der Waals surface area contributed by atoms with Crippen molar-refractivity contribution in [3.63, 3.8) is 0 Å². The first-order valence-electron chi connectivity index (χ1n) is 7.52. The van der Waals surface area contributed by atoms with Crippen LogP contribution in [0, 0.1) is 6.92 Å². The number of rotatable bonds is 5. The minimum absolute atomic E-state index is 0.467. The van der Waals surface area contributed by atoms with Crippen molar-refractivity contribution in [3.05, 3.63) is 17.6 Å². The first-order valence-corrected chi connectivity index (χ1v) is 7.52. The summed E-state index contributed by atoms with van der Waals surface area (Å²) in [5.74, 6) is 1.77. The molecule has 1 aliphatic heterocycles. The second kappa shape index (κ2) is 6.99. The van der Waals surface area contributed by atoms with E-state index in [9.17, 15) is 0 Å². The van der Waals surface area contributed by atoms with Gasteiger partial charge in [-0.3, -0.25) is 4.90 Å². The predicted octanol–water partition coefficient (Wildman–Crippen LogP) is 1.87. The van der Waals surface area contributed by atoms with Crippen LogP contribution < -0.4 is 5.32 Å². The van der Waals surface area contributed by atoms with E-state index in [-0.39, 0.29) is 0 Å². The standard InChI is InChI=1S/C15H26N4O/c1-5-14-8-15(18-13(4)17-14)16-9-11(2)19-6-7-20-10-12(19)3/h8,11-12H,5-7,9-10H2,1-4H3,(H,16,17,18). The van der Waals surface area contributed by atoms with Crippen LogP contribution in [0.25, 0.3) is 0 Å². The van der Waals surface area contributed by atoms with Gasteiger partial charge in [0, 0.05) is 36.9 Å². The summed E-state index contributed by atoms with van der Waals surface area (Å²) in [7, 11) is 0. The number of nitrogens with zero attached hydrogens (tertiary/aromatic N) is 3. The van der Waals surface area contributed by atoms with E-state index in [1.807, 2.05) is 13.0 Å². The van der Waals surface area contributed by atoms with Crippen molar-refractivity contribution in [1.82, 2.24) is 14.9 Å². The molecule has 2 unspecified atom stereocenters. The summed E-state index contributed by atoms with van der Waals surface area (Å²) in [5.41, 5.74) is 1.09. The van der Waals surface area contributed by atoms with E-state index in [1.54, 1.807) is 0 Å². The molecule has 1 aliphatic rings.